The Morgan fingerprint density at radius 1 is 1.38 bits per heavy atom. The van der Waals surface area contributed by atoms with Crippen molar-refractivity contribution in [1.29, 1.82) is 0 Å². The molecule has 0 aromatic heterocycles. The average molecular weight is 183 g/mol. The van der Waals surface area contributed by atoms with Crippen LogP contribution in [0, 0.1) is 5.92 Å². The Kier molecular flexibility index (Phi) is 2.61. The van der Waals surface area contributed by atoms with E-state index < -0.39 is 0 Å². The molecule has 0 aromatic rings. The number of nitrogens with one attached hydrogen (secondary N) is 1. The molecule has 2 aliphatic rings. The minimum absolute atomic E-state index is 0.370. The predicted molar refractivity (Wildman–Crippen MR) is 53.6 cm³/mol. The van der Waals surface area contributed by atoms with Crippen LogP contribution in [0.25, 0.3) is 0 Å². The first kappa shape index (κ1) is 9.47. The van der Waals surface area contributed by atoms with Crippen molar-refractivity contribution in [3.05, 3.63) is 0 Å². The Hall–Kier alpha value is -0.0800. The first-order valence-electron chi connectivity index (χ1n) is 5.73. The normalized spacial score (nSPS) is 45.7. The fourth-order valence-corrected chi connectivity index (χ4v) is 3.21. The van der Waals surface area contributed by atoms with Crippen molar-refractivity contribution in [2.75, 3.05) is 6.54 Å². The van der Waals surface area contributed by atoms with E-state index in [0.29, 0.717) is 12.0 Å². The molecule has 1 saturated carbocycles. The Morgan fingerprint density at radius 3 is 2.85 bits per heavy atom. The van der Waals surface area contributed by atoms with Crippen LogP contribution >= 0.6 is 0 Å². The van der Waals surface area contributed by atoms with E-state index in [9.17, 15) is 5.11 Å². The second-order valence-corrected chi connectivity index (χ2v) is 4.64. The minimum atomic E-state index is -0.370. The van der Waals surface area contributed by atoms with Crippen molar-refractivity contribution in [3.8, 4) is 0 Å². The van der Waals surface area contributed by atoms with Gasteiger partial charge < -0.3 is 10.4 Å². The SMILES string of the molecule is CCC1CCCC1(O)C1CCCN1. The summed E-state index contributed by atoms with van der Waals surface area (Å²) in [4.78, 5) is 0. The molecule has 0 aromatic carbocycles. The summed E-state index contributed by atoms with van der Waals surface area (Å²) in [7, 11) is 0. The molecule has 0 amide bonds. The van der Waals surface area contributed by atoms with Crippen molar-refractivity contribution in [2.24, 2.45) is 5.92 Å². The fraction of sp³-hybridized carbons (Fsp3) is 1.00. The van der Waals surface area contributed by atoms with Crippen LogP contribution in [0.1, 0.15) is 45.4 Å². The monoisotopic (exact) mass is 183 g/mol. The molecular weight excluding hydrogens is 162 g/mol. The highest BCUT2D eigenvalue weighted by Gasteiger charge is 2.46. The molecule has 0 spiro atoms. The van der Waals surface area contributed by atoms with Gasteiger partial charge in [0, 0.05) is 6.04 Å². The van der Waals surface area contributed by atoms with E-state index in [-0.39, 0.29) is 5.60 Å². The van der Waals surface area contributed by atoms with E-state index in [2.05, 4.69) is 12.2 Å². The summed E-state index contributed by atoms with van der Waals surface area (Å²) in [6, 6.07) is 0.389. The summed E-state index contributed by atoms with van der Waals surface area (Å²) < 4.78 is 0. The second kappa shape index (κ2) is 3.58. The Bertz CT molecular complexity index is 177. The van der Waals surface area contributed by atoms with Crippen LogP contribution < -0.4 is 5.32 Å². The summed E-state index contributed by atoms with van der Waals surface area (Å²) in [5.74, 6) is 0.545. The Balaban J connectivity index is 2.07. The lowest BCUT2D eigenvalue weighted by Crippen LogP contribution is -2.50. The molecule has 76 valence electrons. The summed E-state index contributed by atoms with van der Waals surface area (Å²) >= 11 is 0. The fourth-order valence-electron chi connectivity index (χ4n) is 3.21. The summed E-state index contributed by atoms with van der Waals surface area (Å²) in [5.41, 5.74) is -0.370. The largest absolute Gasteiger partial charge is 0.388 e. The summed E-state index contributed by atoms with van der Waals surface area (Å²) in [6.07, 6.45) is 7.01. The molecule has 2 rings (SSSR count). The van der Waals surface area contributed by atoms with Crippen molar-refractivity contribution in [2.45, 2.75) is 57.1 Å². The van der Waals surface area contributed by atoms with Gasteiger partial charge in [-0.1, -0.05) is 19.8 Å². The van der Waals surface area contributed by atoms with E-state index in [4.69, 9.17) is 0 Å². The summed E-state index contributed by atoms with van der Waals surface area (Å²) in [6.45, 7) is 3.30. The predicted octanol–water partition coefficient (Wildman–Crippen LogP) is 1.68. The molecule has 0 radical (unpaired) electrons. The lowest BCUT2D eigenvalue weighted by Gasteiger charge is -2.35. The van der Waals surface area contributed by atoms with Crippen LogP contribution in [-0.2, 0) is 0 Å². The van der Waals surface area contributed by atoms with Gasteiger partial charge in [-0.25, -0.2) is 0 Å². The van der Waals surface area contributed by atoms with Crippen LogP contribution in [0.5, 0.6) is 0 Å². The standard InChI is InChI=1S/C11H21NO/c1-2-9-5-3-7-11(9,13)10-6-4-8-12-10/h9-10,12-13H,2-8H2,1H3. The smallest absolute Gasteiger partial charge is 0.0827 e. The molecule has 3 atom stereocenters. The molecule has 13 heavy (non-hydrogen) atoms. The number of hydrogen-bond acceptors (Lipinski definition) is 2. The highest BCUT2D eigenvalue weighted by atomic mass is 16.3. The van der Waals surface area contributed by atoms with Crippen molar-refractivity contribution >= 4 is 0 Å². The molecule has 2 nitrogen and oxygen atoms in total. The van der Waals surface area contributed by atoms with Gasteiger partial charge in [0.1, 0.15) is 0 Å². The maximum absolute atomic E-state index is 10.6. The minimum Gasteiger partial charge on any atom is -0.388 e. The molecule has 2 heteroatoms. The van der Waals surface area contributed by atoms with Crippen LogP contribution in [0.15, 0.2) is 0 Å². The second-order valence-electron chi connectivity index (χ2n) is 4.64. The van der Waals surface area contributed by atoms with Gasteiger partial charge >= 0.3 is 0 Å². The number of rotatable bonds is 2. The van der Waals surface area contributed by atoms with E-state index in [1.807, 2.05) is 0 Å². The Labute approximate surface area is 80.7 Å². The zero-order valence-corrected chi connectivity index (χ0v) is 8.55. The average Bonchev–Trinajstić information content (AvgIpc) is 2.72. The van der Waals surface area contributed by atoms with Gasteiger partial charge in [-0.15, -0.1) is 0 Å². The van der Waals surface area contributed by atoms with E-state index >= 15 is 0 Å². The molecule has 1 heterocycles. The van der Waals surface area contributed by atoms with Crippen molar-refractivity contribution < 1.29 is 5.11 Å². The first-order chi connectivity index (χ1) is 6.27. The van der Waals surface area contributed by atoms with E-state index in [1.54, 1.807) is 0 Å². The molecule has 1 saturated heterocycles. The van der Waals surface area contributed by atoms with Crippen LogP contribution in [0.3, 0.4) is 0 Å². The zero-order chi connectivity index (χ0) is 9.31. The van der Waals surface area contributed by atoms with Crippen LogP contribution in [0.2, 0.25) is 0 Å². The third-order valence-electron chi connectivity index (χ3n) is 3.99. The lowest BCUT2D eigenvalue weighted by atomic mass is 9.81. The van der Waals surface area contributed by atoms with E-state index in [1.165, 1.54) is 25.7 Å². The van der Waals surface area contributed by atoms with Gasteiger partial charge in [0.25, 0.3) is 0 Å². The molecule has 3 unspecified atom stereocenters. The lowest BCUT2D eigenvalue weighted by molar-refractivity contribution is -0.0284. The first-order valence-corrected chi connectivity index (χ1v) is 5.73. The molecule has 2 fully saturated rings. The van der Waals surface area contributed by atoms with Gasteiger partial charge in [-0.3, -0.25) is 0 Å². The van der Waals surface area contributed by atoms with Crippen molar-refractivity contribution in [1.82, 2.24) is 5.32 Å². The Morgan fingerprint density at radius 2 is 2.23 bits per heavy atom. The third-order valence-corrected chi connectivity index (χ3v) is 3.99. The third kappa shape index (κ3) is 1.50. The van der Waals surface area contributed by atoms with Crippen molar-refractivity contribution in [3.63, 3.8) is 0 Å². The quantitative estimate of drug-likeness (QED) is 0.682. The van der Waals surface area contributed by atoms with Gasteiger partial charge in [0.2, 0.25) is 0 Å². The summed E-state index contributed by atoms with van der Waals surface area (Å²) in [5, 5.41) is 14.0. The molecule has 2 N–H and O–H groups in total. The molecular formula is C11H21NO. The zero-order valence-electron chi connectivity index (χ0n) is 8.55. The number of hydrogen-bond donors (Lipinski definition) is 2. The van der Waals surface area contributed by atoms with Gasteiger partial charge in [-0.2, -0.15) is 0 Å². The maximum Gasteiger partial charge on any atom is 0.0827 e. The molecule has 1 aliphatic carbocycles. The number of aliphatic hydroxyl groups is 1. The highest BCUT2D eigenvalue weighted by Crippen LogP contribution is 2.42. The maximum atomic E-state index is 10.6. The van der Waals surface area contributed by atoms with Gasteiger partial charge in [-0.05, 0) is 38.1 Å². The topological polar surface area (TPSA) is 32.3 Å². The van der Waals surface area contributed by atoms with Crippen LogP contribution in [-0.4, -0.2) is 23.3 Å². The highest BCUT2D eigenvalue weighted by molar-refractivity contribution is 5.02. The molecule has 0 bridgehead atoms. The van der Waals surface area contributed by atoms with E-state index in [0.717, 1.165) is 19.4 Å². The van der Waals surface area contributed by atoms with Crippen LogP contribution in [0.4, 0.5) is 0 Å². The molecule has 1 aliphatic heterocycles. The van der Waals surface area contributed by atoms with Gasteiger partial charge in [0.05, 0.1) is 5.60 Å². The van der Waals surface area contributed by atoms with Gasteiger partial charge in [0.15, 0.2) is 0 Å².